The molecule has 3 rings (SSSR count). The van der Waals surface area contributed by atoms with Crippen molar-refractivity contribution in [3.05, 3.63) is 81.3 Å². The van der Waals surface area contributed by atoms with E-state index in [0.29, 0.717) is 23.8 Å². The van der Waals surface area contributed by atoms with Crippen molar-refractivity contribution in [3.63, 3.8) is 0 Å². The Morgan fingerprint density at radius 2 is 1.46 bits per heavy atom. The van der Waals surface area contributed by atoms with Crippen molar-refractivity contribution in [2.75, 3.05) is 0 Å². The highest BCUT2D eigenvalue weighted by Crippen LogP contribution is 2.28. The molecule has 2 aromatic carbocycles. The molecule has 0 aliphatic carbocycles. The third kappa shape index (κ3) is 5.40. The molecule has 0 N–H and O–H groups in total. The zero-order valence-electron chi connectivity index (χ0n) is 13.8. The molecule has 0 unspecified atom stereocenters. The van der Waals surface area contributed by atoms with Gasteiger partial charge in [-0.3, -0.25) is 9.59 Å². The quantitative estimate of drug-likeness (QED) is 0.397. The molecule has 1 aromatic heterocycles. The van der Waals surface area contributed by atoms with E-state index in [1.807, 2.05) is 0 Å². The molecule has 0 aliphatic rings. The lowest BCUT2D eigenvalue weighted by Gasteiger charge is -2.04. The van der Waals surface area contributed by atoms with Crippen molar-refractivity contribution in [1.82, 2.24) is 9.78 Å². The first-order chi connectivity index (χ1) is 13.2. The number of alkyl halides is 3. The Morgan fingerprint density at radius 3 is 1.93 bits per heavy atom. The van der Waals surface area contributed by atoms with E-state index in [1.54, 1.807) is 0 Å². The second kappa shape index (κ2) is 8.99. The fraction of sp³-hybridized carbons (Fsp3) is 0.0556. The number of hydrogen-bond donors (Lipinski definition) is 0. The fourth-order valence-electron chi connectivity index (χ4n) is 1.97. The number of nitrogens with zero attached hydrogens (tertiary/aromatic N) is 2. The zero-order chi connectivity index (χ0) is 20.9. The molecule has 0 fully saturated rings. The smallest absolute Gasteiger partial charge is 0.298 e. The predicted molar refractivity (Wildman–Crippen MR) is 95.8 cm³/mol. The van der Waals surface area contributed by atoms with Crippen LogP contribution in [0, 0.1) is 5.82 Å². The predicted octanol–water partition coefficient (Wildman–Crippen LogP) is 5.65. The number of benzene rings is 2. The van der Waals surface area contributed by atoms with Gasteiger partial charge >= 0.3 is 6.18 Å². The van der Waals surface area contributed by atoms with Crippen molar-refractivity contribution in [1.29, 1.82) is 0 Å². The van der Waals surface area contributed by atoms with Crippen LogP contribution in [0.15, 0.2) is 48.7 Å². The normalized spacial score (nSPS) is 10.8. The zero-order valence-corrected chi connectivity index (χ0v) is 15.3. The summed E-state index contributed by atoms with van der Waals surface area (Å²) in [6, 6.07) is 8.74. The summed E-state index contributed by atoms with van der Waals surface area (Å²) in [5.74, 6) is -0.435. The minimum atomic E-state index is -4.49. The van der Waals surface area contributed by atoms with Crippen molar-refractivity contribution in [3.8, 4) is 5.69 Å². The van der Waals surface area contributed by atoms with Gasteiger partial charge in [0.2, 0.25) is 0 Å². The Morgan fingerprint density at radius 1 is 0.893 bits per heavy atom. The maximum absolute atomic E-state index is 12.4. The molecule has 0 spiro atoms. The van der Waals surface area contributed by atoms with E-state index in [4.69, 9.17) is 23.2 Å². The molecule has 0 radical (unpaired) electrons. The number of hydrogen-bond acceptors (Lipinski definition) is 3. The molecule has 0 saturated heterocycles. The summed E-state index contributed by atoms with van der Waals surface area (Å²) in [4.78, 5) is 20.7. The van der Waals surface area contributed by atoms with Crippen molar-refractivity contribution < 1.29 is 27.2 Å². The largest absolute Gasteiger partial charge is 0.435 e. The van der Waals surface area contributed by atoms with Crippen LogP contribution in [0.1, 0.15) is 26.4 Å². The lowest BCUT2D eigenvalue weighted by atomic mass is 10.2. The third-order valence-corrected chi connectivity index (χ3v) is 4.00. The van der Waals surface area contributed by atoms with E-state index >= 15 is 0 Å². The van der Waals surface area contributed by atoms with Gasteiger partial charge in [-0.05, 0) is 42.5 Å². The van der Waals surface area contributed by atoms with Crippen LogP contribution >= 0.6 is 23.2 Å². The first-order valence-corrected chi connectivity index (χ1v) is 8.19. The van der Waals surface area contributed by atoms with Gasteiger partial charge in [0.1, 0.15) is 5.82 Å². The highest BCUT2D eigenvalue weighted by Gasteiger charge is 2.33. The van der Waals surface area contributed by atoms with E-state index in [1.165, 1.54) is 36.5 Å². The van der Waals surface area contributed by atoms with Gasteiger partial charge in [0.15, 0.2) is 18.3 Å². The van der Waals surface area contributed by atoms with Gasteiger partial charge < -0.3 is 0 Å². The minimum Gasteiger partial charge on any atom is -0.298 e. The van der Waals surface area contributed by atoms with Crippen molar-refractivity contribution in [2.24, 2.45) is 0 Å². The van der Waals surface area contributed by atoms with Crippen LogP contribution in [0.4, 0.5) is 17.6 Å². The first-order valence-electron chi connectivity index (χ1n) is 7.44. The van der Waals surface area contributed by atoms with Crippen LogP contribution in [-0.2, 0) is 6.18 Å². The monoisotopic (exact) mass is 432 g/mol. The molecule has 0 bridgehead atoms. The van der Waals surface area contributed by atoms with Crippen LogP contribution in [0.25, 0.3) is 5.69 Å². The van der Waals surface area contributed by atoms with Crippen LogP contribution in [-0.4, -0.2) is 22.4 Å². The van der Waals surface area contributed by atoms with Crippen LogP contribution in [0.3, 0.4) is 0 Å². The fourth-order valence-corrected chi connectivity index (χ4v) is 2.40. The standard InChI is InChI=1S/C11H6ClF3N2O.C7H4ClFO/c12-9-5-8(2-1-7(9)6-18)17-4-3-10(16-17)11(13,14)15;8-7-3-6(9)2-1-5(7)4-10/h1-6H;1-4H. The molecular formula is C18H10Cl2F4N2O2. The number of carbonyl (C=O) groups excluding carboxylic acids is 2. The number of carbonyl (C=O) groups is 2. The van der Waals surface area contributed by atoms with Gasteiger partial charge in [0.25, 0.3) is 0 Å². The lowest BCUT2D eigenvalue weighted by Crippen LogP contribution is -2.07. The average molecular weight is 433 g/mol. The summed E-state index contributed by atoms with van der Waals surface area (Å²) < 4.78 is 50.4. The summed E-state index contributed by atoms with van der Waals surface area (Å²) in [6.07, 6.45) is -2.16. The van der Waals surface area contributed by atoms with E-state index in [9.17, 15) is 27.2 Å². The Labute approximate surface area is 166 Å². The minimum absolute atomic E-state index is 0.148. The van der Waals surface area contributed by atoms with Gasteiger partial charge in [0, 0.05) is 17.3 Å². The maximum atomic E-state index is 12.4. The Balaban J connectivity index is 0.000000237. The second-order valence-corrected chi connectivity index (χ2v) is 6.07. The number of halogens is 6. The Kier molecular flexibility index (Phi) is 6.93. The molecule has 1 heterocycles. The molecular weight excluding hydrogens is 423 g/mol. The average Bonchev–Trinajstić information content (AvgIpc) is 3.13. The molecule has 4 nitrogen and oxygen atoms in total. The summed E-state index contributed by atoms with van der Waals surface area (Å²) in [5, 5.41) is 3.70. The van der Waals surface area contributed by atoms with Crippen LogP contribution < -0.4 is 0 Å². The number of aldehydes is 2. The van der Waals surface area contributed by atoms with E-state index < -0.39 is 17.7 Å². The molecule has 10 heteroatoms. The van der Waals surface area contributed by atoms with E-state index in [-0.39, 0.29) is 15.6 Å². The summed E-state index contributed by atoms with van der Waals surface area (Å²) in [6.45, 7) is 0. The van der Waals surface area contributed by atoms with Crippen molar-refractivity contribution >= 4 is 35.8 Å². The van der Waals surface area contributed by atoms with Crippen LogP contribution in [0.5, 0.6) is 0 Å². The number of aromatic nitrogens is 2. The van der Waals surface area contributed by atoms with Crippen LogP contribution in [0.2, 0.25) is 10.0 Å². The van der Waals surface area contributed by atoms with Crippen molar-refractivity contribution in [2.45, 2.75) is 6.18 Å². The highest BCUT2D eigenvalue weighted by molar-refractivity contribution is 6.33. The summed E-state index contributed by atoms with van der Waals surface area (Å²) >= 11 is 11.2. The number of rotatable bonds is 3. The summed E-state index contributed by atoms with van der Waals surface area (Å²) in [5.41, 5.74) is -0.0640. The lowest BCUT2D eigenvalue weighted by molar-refractivity contribution is -0.141. The highest BCUT2D eigenvalue weighted by atomic mass is 35.5. The third-order valence-electron chi connectivity index (χ3n) is 3.34. The van der Waals surface area contributed by atoms with Gasteiger partial charge in [-0.2, -0.15) is 18.3 Å². The first kappa shape index (κ1) is 21.6. The Hall–Kier alpha value is -2.71. The molecule has 0 saturated carbocycles. The van der Waals surface area contributed by atoms with Gasteiger partial charge in [-0.15, -0.1) is 0 Å². The molecule has 28 heavy (non-hydrogen) atoms. The van der Waals surface area contributed by atoms with E-state index in [2.05, 4.69) is 5.10 Å². The van der Waals surface area contributed by atoms with E-state index in [0.717, 1.165) is 16.8 Å². The van der Waals surface area contributed by atoms with Gasteiger partial charge in [-0.25, -0.2) is 9.07 Å². The Bertz CT molecular complexity index is 1000. The molecule has 3 aromatic rings. The SMILES string of the molecule is O=Cc1ccc(-n2ccc(C(F)(F)F)n2)cc1Cl.O=Cc1ccc(F)cc1Cl. The molecule has 0 aliphatic heterocycles. The molecule has 0 atom stereocenters. The summed E-state index contributed by atoms with van der Waals surface area (Å²) in [7, 11) is 0. The van der Waals surface area contributed by atoms with Gasteiger partial charge in [-0.1, -0.05) is 23.2 Å². The van der Waals surface area contributed by atoms with Gasteiger partial charge in [0.05, 0.1) is 15.7 Å². The second-order valence-electron chi connectivity index (χ2n) is 5.25. The molecule has 146 valence electrons. The molecule has 0 amide bonds. The maximum Gasteiger partial charge on any atom is 0.435 e. The topological polar surface area (TPSA) is 52.0 Å².